The summed E-state index contributed by atoms with van der Waals surface area (Å²) in [5, 5.41) is 9.70. The lowest BCUT2D eigenvalue weighted by atomic mass is 9.56. The third-order valence-corrected chi connectivity index (χ3v) is 7.87. The average molecular weight is 380 g/mol. The Morgan fingerprint density at radius 1 is 1.30 bits per heavy atom. The van der Waals surface area contributed by atoms with Crippen molar-refractivity contribution in [3.05, 3.63) is 39.0 Å². The van der Waals surface area contributed by atoms with E-state index in [-0.39, 0.29) is 0 Å². The minimum Gasteiger partial charge on any atom is -0.508 e. The lowest BCUT2D eigenvalue weighted by molar-refractivity contribution is 0.0815. The second-order valence-corrected chi connectivity index (χ2v) is 8.20. The van der Waals surface area contributed by atoms with Gasteiger partial charge in [0.05, 0.1) is 0 Å². The quantitative estimate of drug-likeness (QED) is 0.615. The largest absolute Gasteiger partial charge is 0.508 e. The van der Waals surface area contributed by atoms with Crippen LogP contribution in [0.4, 0.5) is 0 Å². The molecular weight excluding hydrogens is 359 g/mol. The lowest BCUT2D eigenvalue weighted by Crippen LogP contribution is -2.40. The summed E-state index contributed by atoms with van der Waals surface area (Å²) in [5.74, 6) is 2.84. The molecule has 106 valence electrons. The van der Waals surface area contributed by atoms with Gasteiger partial charge in [0.15, 0.2) is 0 Å². The van der Waals surface area contributed by atoms with Gasteiger partial charge in [0, 0.05) is 5.41 Å². The number of rotatable bonds is 0. The van der Waals surface area contributed by atoms with Gasteiger partial charge in [-0.2, -0.15) is 0 Å². The molecule has 1 nitrogen and oxygen atoms in total. The molecule has 1 aromatic rings. The highest BCUT2D eigenvalue weighted by atomic mass is 127. The maximum Gasteiger partial charge on any atom is 0.115 e. The van der Waals surface area contributed by atoms with Crippen molar-refractivity contribution in [2.24, 2.45) is 17.3 Å². The van der Waals surface area contributed by atoms with E-state index in [1.165, 1.54) is 36.8 Å². The molecule has 4 atom stereocenters. The van der Waals surface area contributed by atoms with E-state index in [4.69, 9.17) is 0 Å². The molecule has 0 spiro atoms. The molecule has 0 heterocycles. The summed E-state index contributed by atoms with van der Waals surface area (Å²) < 4.78 is 1.61. The van der Waals surface area contributed by atoms with Gasteiger partial charge in [-0.05, 0) is 99.3 Å². The number of benzene rings is 1. The molecule has 20 heavy (non-hydrogen) atoms. The number of phenols is 1. The van der Waals surface area contributed by atoms with Gasteiger partial charge in [-0.15, -0.1) is 0 Å². The van der Waals surface area contributed by atoms with E-state index >= 15 is 0 Å². The van der Waals surface area contributed by atoms with Crippen molar-refractivity contribution in [2.45, 2.75) is 44.9 Å². The zero-order valence-corrected chi connectivity index (χ0v) is 14.1. The van der Waals surface area contributed by atoms with Crippen molar-refractivity contribution in [3.8, 4) is 5.75 Å². The number of halogens is 1. The van der Waals surface area contributed by atoms with E-state index in [1.54, 1.807) is 3.58 Å². The Morgan fingerprint density at radius 3 is 3.00 bits per heavy atom. The molecular formula is C18H21IO. The van der Waals surface area contributed by atoms with Crippen LogP contribution in [0.25, 0.3) is 0 Å². The first-order chi connectivity index (χ1) is 9.59. The number of aryl methyl sites for hydroxylation is 1. The Balaban J connectivity index is 1.72. The summed E-state index contributed by atoms with van der Waals surface area (Å²) in [6, 6.07) is 6.07. The molecule has 2 heteroatoms. The molecule has 0 saturated heterocycles. The number of aromatic hydroxyl groups is 1. The Hall–Kier alpha value is -0.510. The normalized spacial score (nSPS) is 38.7. The van der Waals surface area contributed by atoms with Gasteiger partial charge >= 0.3 is 0 Å². The first-order valence-corrected chi connectivity index (χ1v) is 8.85. The number of fused-ring (bicyclic) bond motifs is 5. The summed E-state index contributed by atoms with van der Waals surface area (Å²) in [7, 11) is 0. The maximum absolute atomic E-state index is 9.70. The SMILES string of the molecule is C[C@]12CCC3c4ccc(O)cc4CCC3C1CC=C2I. The highest BCUT2D eigenvalue weighted by molar-refractivity contribution is 14.1. The topological polar surface area (TPSA) is 20.2 Å². The van der Waals surface area contributed by atoms with Crippen LogP contribution in [0.5, 0.6) is 5.75 Å². The first kappa shape index (κ1) is 13.2. The number of phenolic OH excluding ortho intramolecular Hbond substituents is 1. The van der Waals surface area contributed by atoms with Crippen LogP contribution in [0.1, 0.15) is 49.7 Å². The summed E-state index contributed by atoms with van der Waals surface area (Å²) in [5.41, 5.74) is 3.38. The molecule has 4 rings (SSSR count). The molecule has 1 aromatic carbocycles. The fourth-order valence-corrected chi connectivity index (χ4v) is 6.01. The van der Waals surface area contributed by atoms with Crippen LogP contribution in [-0.4, -0.2) is 5.11 Å². The van der Waals surface area contributed by atoms with E-state index in [0.717, 1.165) is 24.2 Å². The van der Waals surface area contributed by atoms with Crippen molar-refractivity contribution in [3.63, 3.8) is 0 Å². The summed E-state index contributed by atoms with van der Waals surface area (Å²) >= 11 is 2.58. The van der Waals surface area contributed by atoms with E-state index < -0.39 is 0 Å². The summed E-state index contributed by atoms with van der Waals surface area (Å²) in [6.45, 7) is 2.49. The summed E-state index contributed by atoms with van der Waals surface area (Å²) in [6.07, 6.45) is 8.86. The van der Waals surface area contributed by atoms with Gasteiger partial charge < -0.3 is 5.11 Å². The van der Waals surface area contributed by atoms with Crippen molar-refractivity contribution in [1.82, 2.24) is 0 Å². The van der Waals surface area contributed by atoms with Gasteiger partial charge in [-0.1, -0.05) is 19.1 Å². The molecule has 0 aliphatic heterocycles. The lowest BCUT2D eigenvalue weighted by Gasteiger charge is -2.49. The Morgan fingerprint density at radius 2 is 2.15 bits per heavy atom. The molecule has 1 N–H and O–H groups in total. The fourth-order valence-electron chi connectivity index (χ4n) is 5.08. The predicted octanol–water partition coefficient (Wildman–Crippen LogP) is 5.18. The number of hydrogen-bond acceptors (Lipinski definition) is 1. The molecule has 0 amide bonds. The molecule has 3 aliphatic rings. The fraction of sp³-hybridized carbons (Fsp3) is 0.556. The van der Waals surface area contributed by atoms with Crippen LogP contribution in [0, 0.1) is 17.3 Å². The van der Waals surface area contributed by atoms with Gasteiger partial charge in [0.25, 0.3) is 0 Å². The van der Waals surface area contributed by atoms with Crippen LogP contribution in [0.15, 0.2) is 27.9 Å². The molecule has 3 unspecified atom stereocenters. The molecule has 0 radical (unpaired) electrons. The van der Waals surface area contributed by atoms with Crippen LogP contribution in [-0.2, 0) is 6.42 Å². The Labute approximate surface area is 134 Å². The number of hydrogen-bond donors (Lipinski definition) is 1. The van der Waals surface area contributed by atoms with Gasteiger partial charge in [-0.25, -0.2) is 0 Å². The van der Waals surface area contributed by atoms with Crippen molar-refractivity contribution in [1.29, 1.82) is 0 Å². The van der Waals surface area contributed by atoms with Crippen LogP contribution >= 0.6 is 22.6 Å². The summed E-state index contributed by atoms with van der Waals surface area (Å²) in [4.78, 5) is 0. The Bertz CT molecular complexity index is 591. The zero-order valence-electron chi connectivity index (χ0n) is 11.9. The van der Waals surface area contributed by atoms with Crippen molar-refractivity contribution >= 4 is 22.6 Å². The van der Waals surface area contributed by atoms with E-state index in [1.807, 2.05) is 12.1 Å². The monoisotopic (exact) mass is 380 g/mol. The highest BCUT2D eigenvalue weighted by Gasteiger charge is 2.51. The smallest absolute Gasteiger partial charge is 0.115 e. The van der Waals surface area contributed by atoms with Crippen molar-refractivity contribution in [2.75, 3.05) is 0 Å². The second-order valence-electron chi connectivity index (χ2n) is 7.04. The van der Waals surface area contributed by atoms with E-state index in [9.17, 15) is 5.11 Å². The van der Waals surface area contributed by atoms with Crippen molar-refractivity contribution < 1.29 is 5.11 Å². The Kier molecular flexibility index (Phi) is 2.96. The van der Waals surface area contributed by atoms with Crippen LogP contribution in [0.3, 0.4) is 0 Å². The highest BCUT2D eigenvalue weighted by Crippen LogP contribution is 2.62. The standard InChI is InChI=1S/C18H21IO/c1-18-9-8-14-13-5-3-12(20)10-11(13)2-4-15(14)16(18)6-7-17(18)19/h3,5,7,10,14-16,20H,2,4,6,8-9H2,1H3/t14?,15?,16?,18-/m0/s1. The van der Waals surface area contributed by atoms with Crippen LogP contribution in [0.2, 0.25) is 0 Å². The predicted molar refractivity (Wildman–Crippen MR) is 90.2 cm³/mol. The number of allylic oxidation sites excluding steroid dienone is 2. The van der Waals surface area contributed by atoms with Gasteiger partial charge in [-0.3, -0.25) is 0 Å². The van der Waals surface area contributed by atoms with E-state index in [0.29, 0.717) is 11.2 Å². The van der Waals surface area contributed by atoms with Gasteiger partial charge in [0.2, 0.25) is 0 Å². The molecule has 1 fully saturated rings. The zero-order chi connectivity index (χ0) is 13.9. The minimum atomic E-state index is 0.430. The average Bonchev–Trinajstić information content (AvgIpc) is 2.74. The third kappa shape index (κ3) is 1.73. The van der Waals surface area contributed by atoms with E-state index in [2.05, 4.69) is 41.7 Å². The maximum atomic E-state index is 9.70. The van der Waals surface area contributed by atoms with Crippen LogP contribution < -0.4 is 0 Å². The minimum absolute atomic E-state index is 0.430. The molecule has 0 aromatic heterocycles. The third-order valence-electron chi connectivity index (χ3n) is 6.20. The first-order valence-electron chi connectivity index (χ1n) is 7.77. The molecule has 3 aliphatic carbocycles. The van der Waals surface area contributed by atoms with Gasteiger partial charge in [0.1, 0.15) is 5.75 Å². The molecule has 1 saturated carbocycles. The second kappa shape index (κ2) is 4.49. The molecule has 0 bridgehead atoms.